The summed E-state index contributed by atoms with van der Waals surface area (Å²) in [7, 11) is 0. The van der Waals surface area contributed by atoms with Gasteiger partial charge in [0.2, 0.25) is 5.91 Å². The highest BCUT2D eigenvalue weighted by Gasteiger charge is 2.27. The van der Waals surface area contributed by atoms with Crippen LogP contribution in [0.3, 0.4) is 0 Å². The monoisotopic (exact) mass is 212 g/mol. The number of amides is 1. The standard InChI is InChI=1S/C12H24N2O/c1-3-12(2,13)11(15)14-10-8-6-4-5-7-9-10/h10H,3-9,13H2,1-2H3,(H,14,15). The Morgan fingerprint density at radius 3 is 2.33 bits per heavy atom. The first-order valence-corrected chi connectivity index (χ1v) is 6.16. The molecule has 1 atom stereocenters. The zero-order chi connectivity index (χ0) is 11.3. The van der Waals surface area contributed by atoms with Crippen molar-refractivity contribution in [1.82, 2.24) is 5.32 Å². The third-order valence-corrected chi connectivity index (χ3v) is 3.44. The van der Waals surface area contributed by atoms with Crippen LogP contribution in [0.2, 0.25) is 0 Å². The highest BCUT2D eigenvalue weighted by atomic mass is 16.2. The molecule has 15 heavy (non-hydrogen) atoms. The van der Waals surface area contributed by atoms with Gasteiger partial charge in [0.05, 0.1) is 5.54 Å². The molecule has 1 saturated carbocycles. The Hall–Kier alpha value is -0.570. The molecule has 3 nitrogen and oxygen atoms in total. The van der Waals surface area contributed by atoms with Crippen LogP contribution in [0.1, 0.15) is 58.8 Å². The van der Waals surface area contributed by atoms with Gasteiger partial charge < -0.3 is 11.1 Å². The van der Waals surface area contributed by atoms with Gasteiger partial charge in [-0.2, -0.15) is 0 Å². The maximum atomic E-state index is 11.8. The van der Waals surface area contributed by atoms with Crippen molar-refractivity contribution in [2.45, 2.75) is 70.4 Å². The van der Waals surface area contributed by atoms with Crippen LogP contribution in [-0.4, -0.2) is 17.5 Å². The Morgan fingerprint density at radius 2 is 1.87 bits per heavy atom. The van der Waals surface area contributed by atoms with Crippen molar-refractivity contribution in [3.63, 3.8) is 0 Å². The van der Waals surface area contributed by atoms with Crippen LogP contribution in [0.15, 0.2) is 0 Å². The van der Waals surface area contributed by atoms with E-state index in [0.29, 0.717) is 12.5 Å². The van der Waals surface area contributed by atoms with Crippen molar-refractivity contribution in [2.24, 2.45) is 5.73 Å². The molecular formula is C12H24N2O. The first-order chi connectivity index (χ1) is 7.06. The Bertz CT molecular complexity index is 206. The van der Waals surface area contributed by atoms with Crippen LogP contribution >= 0.6 is 0 Å². The van der Waals surface area contributed by atoms with Gasteiger partial charge in [0, 0.05) is 6.04 Å². The molecular weight excluding hydrogens is 188 g/mol. The predicted octanol–water partition coefficient (Wildman–Crippen LogP) is 1.95. The van der Waals surface area contributed by atoms with Gasteiger partial charge in [0.1, 0.15) is 0 Å². The molecule has 0 saturated heterocycles. The zero-order valence-electron chi connectivity index (χ0n) is 10.0. The van der Waals surface area contributed by atoms with Crippen molar-refractivity contribution in [3.05, 3.63) is 0 Å². The fraction of sp³-hybridized carbons (Fsp3) is 0.917. The number of rotatable bonds is 3. The molecule has 0 bridgehead atoms. The van der Waals surface area contributed by atoms with Gasteiger partial charge in [0.25, 0.3) is 0 Å². The quantitative estimate of drug-likeness (QED) is 0.703. The maximum absolute atomic E-state index is 11.8. The van der Waals surface area contributed by atoms with E-state index in [2.05, 4.69) is 5.32 Å². The fourth-order valence-corrected chi connectivity index (χ4v) is 1.93. The second-order valence-electron chi connectivity index (χ2n) is 4.93. The molecule has 3 N–H and O–H groups in total. The lowest BCUT2D eigenvalue weighted by atomic mass is 9.98. The third-order valence-electron chi connectivity index (χ3n) is 3.44. The lowest BCUT2D eigenvalue weighted by Gasteiger charge is -2.25. The summed E-state index contributed by atoms with van der Waals surface area (Å²) in [6, 6.07) is 0.356. The summed E-state index contributed by atoms with van der Waals surface area (Å²) < 4.78 is 0. The van der Waals surface area contributed by atoms with Crippen molar-refractivity contribution >= 4 is 5.91 Å². The molecule has 3 heteroatoms. The Labute approximate surface area is 92.8 Å². The predicted molar refractivity (Wildman–Crippen MR) is 62.5 cm³/mol. The Morgan fingerprint density at radius 1 is 1.33 bits per heavy atom. The minimum absolute atomic E-state index is 0.0110. The van der Waals surface area contributed by atoms with Crippen LogP contribution in [0.25, 0.3) is 0 Å². The normalized spacial score (nSPS) is 22.9. The topological polar surface area (TPSA) is 55.1 Å². The van der Waals surface area contributed by atoms with E-state index in [0.717, 1.165) is 12.8 Å². The molecule has 0 spiro atoms. The van der Waals surface area contributed by atoms with E-state index in [-0.39, 0.29) is 5.91 Å². The van der Waals surface area contributed by atoms with E-state index in [9.17, 15) is 4.79 Å². The second-order valence-corrected chi connectivity index (χ2v) is 4.93. The summed E-state index contributed by atoms with van der Waals surface area (Å²) in [4.78, 5) is 11.8. The highest BCUT2D eigenvalue weighted by molar-refractivity contribution is 5.85. The number of carbonyl (C=O) groups excluding carboxylic acids is 1. The van der Waals surface area contributed by atoms with E-state index in [4.69, 9.17) is 5.73 Å². The first kappa shape index (κ1) is 12.5. The molecule has 0 aromatic rings. The van der Waals surface area contributed by atoms with Gasteiger partial charge in [-0.15, -0.1) is 0 Å². The molecule has 1 unspecified atom stereocenters. The zero-order valence-corrected chi connectivity index (χ0v) is 10.0. The molecule has 1 aliphatic rings. The second kappa shape index (κ2) is 5.50. The van der Waals surface area contributed by atoms with Crippen LogP contribution in [0.5, 0.6) is 0 Å². The molecule has 1 amide bonds. The summed E-state index contributed by atoms with van der Waals surface area (Å²) in [6.45, 7) is 3.76. The maximum Gasteiger partial charge on any atom is 0.239 e. The number of hydrogen-bond acceptors (Lipinski definition) is 2. The van der Waals surface area contributed by atoms with E-state index in [1.807, 2.05) is 6.92 Å². The number of hydrogen-bond donors (Lipinski definition) is 2. The van der Waals surface area contributed by atoms with E-state index in [1.54, 1.807) is 6.92 Å². The minimum atomic E-state index is -0.702. The van der Waals surface area contributed by atoms with Crippen LogP contribution in [0.4, 0.5) is 0 Å². The molecule has 1 aliphatic carbocycles. The summed E-state index contributed by atoms with van der Waals surface area (Å²) in [5.41, 5.74) is 5.20. The Kier molecular flexibility index (Phi) is 4.58. The highest BCUT2D eigenvalue weighted by Crippen LogP contribution is 2.18. The van der Waals surface area contributed by atoms with Crippen LogP contribution in [0, 0.1) is 0 Å². The number of carbonyl (C=O) groups is 1. The average molecular weight is 212 g/mol. The van der Waals surface area contributed by atoms with Crippen molar-refractivity contribution in [1.29, 1.82) is 0 Å². The molecule has 0 aromatic heterocycles. The van der Waals surface area contributed by atoms with Gasteiger partial charge in [-0.1, -0.05) is 32.6 Å². The van der Waals surface area contributed by atoms with Gasteiger partial charge >= 0.3 is 0 Å². The molecule has 0 aromatic carbocycles. The molecule has 88 valence electrons. The smallest absolute Gasteiger partial charge is 0.239 e. The molecule has 0 radical (unpaired) electrons. The summed E-state index contributed by atoms with van der Waals surface area (Å²) in [6.07, 6.45) is 8.00. The lowest BCUT2D eigenvalue weighted by molar-refractivity contribution is -0.126. The molecule has 1 rings (SSSR count). The number of nitrogens with one attached hydrogen (secondary N) is 1. The van der Waals surface area contributed by atoms with Crippen molar-refractivity contribution < 1.29 is 4.79 Å². The van der Waals surface area contributed by atoms with Gasteiger partial charge in [-0.05, 0) is 26.2 Å². The van der Waals surface area contributed by atoms with Crippen molar-refractivity contribution in [2.75, 3.05) is 0 Å². The number of nitrogens with two attached hydrogens (primary N) is 1. The molecule has 0 heterocycles. The lowest BCUT2D eigenvalue weighted by Crippen LogP contribution is -2.53. The minimum Gasteiger partial charge on any atom is -0.352 e. The van der Waals surface area contributed by atoms with E-state index < -0.39 is 5.54 Å². The van der Waals surface area contributed by atoms with Crippen LogP contribution < -0.4 is 11.1 Å². The van der Waals surface area contributed by atoms with Gasteiger partial charge in [0.15, 0.2) is 0 Å². The van der Waals surface area contributed by atoms with Gasteiger partial charge in [-0.25, -0.2) is 0 Å². The SMILES string of the molecule is CCC(C)(N)C(=O)NC1CCCCCC1. The van der Waals surface area contributed by atoms with E-state index >= 15 is 0 Å². The first-order valence-electron chi connectivity index (χ1n) is 6.16. The Balaban J connectivity index is 2.42. The summed E-state index contributed by atoms with van der Waals surface area (Å²) in [5.74, 6) is 0.0110. The van der Waals surface area contributed by atoms with E-state index in [1.165, 1.54) is 25.7 Å². The summed E-state index contributed by atoms with van der Waals surface area (Å²) >= 11 is 0. The van der Waals surface area contributed by atoms with Crippen LogP contribution in [-0.2, 0) is 4.79 Å². The third kappa shape index (κ3) is 3.82. The largest absolute Gasteiger partial charge is 0.352 e. The molecule has 1 fully saturated rings. The van der Waals surface area contributed by atoms with Gasteiger partial charge in [-0.3, -0.25) is 4.79 Å². The average Bonchev–Trinajstić information content (AvgIpc) is 2.46. The fourth-order valence-electron chi connectivity index (χ4n) is 1.93. The molecule has 0 aliphatic heterocycles. The summed E-state index contributed by atoms with van der Waals surface area (Å²) in [5, 5.41) is 3.09. The van der Waals surface area contributed by atoms with Crippen molar-refractivity contribution in [3.8, 4) is 0 Å².